The molecule has 0 radical (unpaired) electrons. The maximum atomic E-state index is 12.9. The summed E-state index contributed by atoms with van der Waals surface area (Å²) in [5, 5.41) is 0. The van der Waals surface area contributed by atoms with Gasteiger partial charge in [-0.15, -0.1) is 0 Å². The Balaban J connectivity index is 1.47. The van der Waals surface area contributed by atoms with Crippen molar-refractivity contribution >= 4 is 5.91 Å². The van der Waals surface area contributed by atoms with E-state index >= 15 is 0 Å². The molecule has 0 aromatic carbocycles. The summed E-state index contributed by atoms with van der Waals surface area (Å²) >= 11 is 0. The van der Waals surface area contributed by atoms with Crippen LogP contribution in [0.4, 0.5) is 0 Å². The smallest absolute Gasteiger partial charge is 0.255 e. The summed E-state index contributed by atoms with van der Waals surface area (Å²) in [6, 6.07) is 6.75. The third-order valence-electron chi connectivity index (χ3n) is 5.23. The minimum absolute atomic E-state index is 0.120. The van der Waals surface area contributed by atoms with E-state index in [0.29, 0.717) is 17.6 Å². The lowest BCUT2D eigenvalue weighted by molar-refractivity contribution is 0.0731. The summed E-state index contributed by atoms with van der Waals surface area (Å²) in [7, 11) is 0. The van der Waals surface area contributed by atoms with Crippen LogP contribution in [0.2, 0.25) is 0 Å². The lowest BCUT2D eigenvalue weighted by atomic mass is 10.1. The molecule has 2 saturated heterocycles. The van der Waals surface area contributed by atoms with E-state index in [1.54, 1.807) is 12.4 Å². The Bertz CT molecular complexity index is 755. The molecule has 0 unspecified atom stereocenters. The fourth-order valence-corrected chi connectivity index (χ4v) is 4.13. The van der Waals surface area contributed by atoms with Crippen LogP contribution < -0.4 is 0 Å². The van der Waals surface area contributed by atoms with Crippen LogP contribution in [-0.2, 0) is 6.54 Å². The molecule has 2 aliphatic heterocycles. The van der Waals surface area contributed by atoms with Crippen molar-refractivity contribution in [3.8, 4) is 0 Å². The van der Waals surface area contributed by atoms with Gasteiger partial charge in [-0.05, 0) is 50.5 Å². The van der Waals surface area contributed by atoms with Crippen molar-refractivity contribution in [2.75, 3.05) is 13.1 Å². The number of hydrogen-bond acceptors (Lipinski definition) is 4. The van der Waals surface area contributed by atoms with Crippen LogP contribution in [-0.4, -0.2) is 45.9 Å². The minimum Gasteiger partial charge on any atom is -0.465 e. The number of pyridine rings is 1. The molecular weight excluding hydrogens is 302 g/mol. The van der Waals surface area contributed by atoms with Crippen molar-refractivity contribution < 1.29 is 9.21 Å². The zero-order chi connectivity index (χ0) is 16.7. The summed E-state index contributed by atoms with van der Waals surface area (Å²) in [5.74, 6) is 2.09. The van der Waals surface area contributed by atoms with Crippen molar-refractivity contribution in [1.29, 1.82) is 0 Å². The molecule has 2 aromatic rings. The van der Waals surface area contributed by atoms with Gasteiger partial charge in [0.1, 0.15) is 11.5 Å². The van der Waals surface area contributed by atoms with Crippen molar-refractivity contribution in [3.63, 3.8) is 0 Å². The molecule has 4 heterocycles. The summed E-state index contributed by atoms with van der Waals surface area (Å²) in [6.07, 6.45) is 5.54. The van der Waals surface area contributed by atoms with E-state index in [4.69, 9.17) is 4.42 Å². The number of carbonyl (C=O) groups is 1. The minimum atomic E-state index is 0.120. The van der Waals surface area contributed by atoms with Gasteiger partial charge in [0.25, 0.3) is 5.91 Å². The molecule has 2 atom stereocenters. The first-order valence-corrected chi connectivity index (χ1v) is 8.64. The van der Waals surface area contributed by atoms with Crippen LogP contribution >= 0.6 is 0 Å². The van der Waals surface area contributed by atoms with E-state index in [-0.39, 0.29) is 5.91 Å². The Morgan fingerprint density at radius 3 is 2.79 bits per heavy atom. The zero-order valence-corrected chi connectivity index (χ0v) is 14.2. The third-order valence-corrected chi connectivity index (χ3v) is 5.23. The number of fused-ring (bicyclic) bond motifs is 1. The van der Waals surface area contributed by atoms with E-state index in [0.717, 1.165) is 49.6 Å². The first-order valence-electron chi connectivity index (χ1n) is 8.64. The highest BCUT2D eigenvalue weighted by molar-refractivity contribution is 5.94. The molecule has 5 nitrogen and oxygen atoms in total. The standard InChI is InChI=1S/C19H23N3O2/c1-13-9-15(11-20-10-13)19(23)22-8-6-17-18(22)5-7-21(17)12-16-4-3-14(2)24-16/h3-4,9-11,17-18H,5-8,12H2,1-2H3/t17-,18+/m0/s1. The molecule has 0 aliphatic carbocycles. The van der Waals surface area contributed by atoms with Crippen molar-refractivity contribution in [1.82, 2.24) is 14.8 Å². The molecule has 2 fully saturated rings. The van der Waals surface area contributed by atoms with Gasteiger partial charge in [-0.25, -0.2) is 0 Å². The first-order chi connectivity index (χ1) is 11.6. The van der Waals surface area contributed by atoms with Crippen LogP contribution in [0.3, 0.4) is 0 Å². The molecule has 24 heavy (non-hydrogen) atoms. The lowest BCUT2D eigenvalue weighted by Crippen LogP contribution is -2.39. The van der Waals surface area contributed by atoms with Crippen LogP contribution in [0.25, 0.3) is 0 Å². The molecule has 0 N–H and O–H groups in total. The summed E-state index contributed by atoms with van der Waals surface area (Å²) in [6.45, 7) is 6.63. The number of likely N-dealkylation sites (tertiary alicyclic amines) is 2. The molecule has 4 rings (SSSR count). The molecule has 1 amide bonds. The first kappa shape index (κ1) is 15.4. The van der Waals surface area contributed by atoms with Crippen LogP contribution in [0, 0.1) is 13.8 Å². The van der Waals surface area contributed by atoms with Gasteiger partial charge >= 0.3 is 0 Å². The maximum absolute atomic E-state index is 12.9. The number of nitrogens with zero attached hydrogens (tertiary/aromatic N) is 3. The third kappa shape index (κ3) is 2.73. The monoisotopic (exact) mass is 325 g/mol. The molecule has 2 aliphatic rings. The van der Waals surface area contributed by atoms with Gasteiger partial charge in [-0.3, -0.25) is 14.7 Å². The molecule has 0 saturated carbocycles. The average molecular weight is 325 g/mol. The average Bonchev–Trinajstić information content (AvgIpc) is 3.25. The molecule has 126 valence electrons. The van der Waals surface area contributed by atoms with Gasteiger partial charge in [0.2, 0.25) is 0 Å². The van der Waals surface area contributed by atoms with Crippen molar-refractivity contribution in [2.45, 2.75) is 45.3 Å². The zero-order valence-electron chi connectivity index (χ0n) is 14.2. The fraction of sp³-hybridized carbons (Fsp3) is 0.474. The predicted molar refractivity (Wildman–Crippen MR) is 90.7 cm³/mol. The van der Waals surface area contributed by atoms with E-state index in [1.165, 1.54) is 0 Å². The number of rotatable bonds is 3. The highest BCUT2D eigenvalue weighted by Crippen LogP contribution is 2.33. The second-order valence-electron chi connectivity index (χ2n) is 6.94. The van der Waals surface area contributed by atoms with E-state index in [2.05, 4.69) is 20.9 Å². The van der Waals surface area contributed by atoms with Gasteiger partial charge in [-0.2, -0.15) is 0 Å². The molecular formula is C19H23N3O2. The van der Waals surface area contributed by atoms with Gasteiger partial charge in [0, 0.05) is 37.6 Å². The Hall–Kier alpha value is -2.14. The van der Waals surface area contributed by atoms with Crippen molar-refractivity contribution in [3.05, 3.63) is 53.2 Å². The maximum Gasteiger partial charge on any atom is 0.255 e. The highest BCUT2D eigenvalue weighted by Gasteiger charge is 2.44. The van der Waals surface area contributed by atoms with Crippen LogP contribution in [0.15, 0.2) is 35.0 Å². The number of hydrogen-bond donors (Lipinski definition) is 0. The highest BCUT2D eigenvalue weighted by atomic mass is 16.3. The Kier molecular flexibility index (Phi) is 3.88. The Morgan fingerprint density at radius 2 is 2.04 bits per heavy atom. The second kappa shape index (κ2) is 6.06. The SMILES string of the molecule is Cc1cncc(C(=O)N2CC[C@H]3[C@H]2CCN3Cc2ccc(C)o2)c1. The topological polar surface area (TPSA) is 49.6 Å². The number of furan rings is 1. The summed E-state index contributed by atoms with van der Waals surface area (Å²) in [4.78, 5) is 21.5. The Labute approximate surface area is 142 Å². The van der Waals surface area contributed by atoms with Gasteiger partial charge in [0.15, 0.2) is 0 Å². The quantitative estimate of drug-likeness (QED) is 0.871. The van der Waals surface area contributed by atoms with Gasteiger partial charge < -0.3 is 9.32 Å². The molecule has 0 spiro atoms. The summed E-state index contributed by atoms with van der Waals surface area (Å²) in [5.41, 5.74) is 1.73. The van der Waals surface area contributed by atoms with Gasteiger partial charge in [-0.1, -0.05) is 0 Å². The van der Waals surface area contributed by atoms with E-state index in [9.17, 15) is 4.79 Å². The molecule has 2 aromatic heterocycles. The lowest BCUT2D eigenvalue weighted by Gasteiger charge is -2.25. The Morgan fingerprint density at radius 1 is 1.21 bits per heavy atom. The fourth-order valence-electron chi connectivity index (χ4n) is 4.13. The normalized spacial score (nSPS) is 23.7. The number of aromatic nitrogens is 1. The second-order valence-corrected chi connectivity index (χ2v) is 6.94. The predicted octanol–water partition coefficient (Wildman–Crippen LogP) is 2.78. The molecule has 5 heteroatoms. The van der Waals surface area contributed by atoms with E-state index < -0.39 is 0 Å². The van der Waals surface area contributed by atoms with Crippen LogP contribution in [0.5, 0.6) is 0 Å². The van der Waals surface area contributed by atoms with Gasteiger partial charge in [0.05, 0.1) is 12.1 Å². The largest absolute Gasteiger partial charge is 0.465 e. The summed E-state index contributed by atoms with van der Waals surface area (Å²) < 4.78 is 5.72. The van der Waals surface area contributed by atoms with Crippen molar-refractivity contribution in [2.24, 2.45) is 0 Å². The number of amides is 1. The number of aryl methyl sites for hydroxylation is 2. The van der Waals surface area contributed by atoms with Crippen LogP contribution in [0.1, 0.15) is 40.3 Å². The van der Waals surface area contributed by atoms with E-state index in [1.807, 2.05) is 26.0 Å². The molecule has 0 bridgehead atoms. The number of carbonyl (C=O) groups excluding carboxylic acids is 1.